The zero-order chi connectivity index (χ0) is 21.3. The molecule has 0 aliphatic rings. The third-order valence-electron chi connectivity index (χ3n) is 3.89. The molecule has 0 spiro atoms. The number of nitrogens with one attached hydrogen (secondary N) is 2. The number of aromatic amines is 2. The van der Waals surface area contributed by atoms with Crippen molar-refractivity contribution in [2.24, 2.45) is 0 Å². The van der Waals surface area contributed by atoms with E-state index in [9.17, 15) is 31.5 Å². The van der Waals surface area contributed by atoms with Crippen LogP contribution in [0.4, 0.5) is 22.0 Å². The second-order valence-corrected chi connectivity index (χ2v) is 6.97. The van der Waals surface area contributed by atoms with E-state index in [0.717, 1.165) is 11.8 Å². The number of rotatable bonds is 5. The quantitative estimate of drug-likeness (QED) is 0.326. The van der Waals surface area contributed by atoms with Gasteiger partial charge in [0, 0.05) is 28.9 Å². The molecule has 0 amide bonds. The average Bonchev–Trinajstić information content (AvgIpc) is 2.61. The molecule has 12 heteroatoms. The molecule has 0 aliphatic carbocycles. The maximum absolute atomic E-state index is 14.4. The summed E-state index contributed by atoms with van der Waals surface area (Å²) >= 11 is 0.773. The van der Waals surface area contributed by atoms with E-state index in [2.05, 4.69) is 9.97 Å². The Balaban J connectivity index is 2.49. The van der Waals surface area contributed by atoms with Crippen molar-refractivity contribution in [1.82, 2.24) is 15.0 Å². The molecular weight excluding hydrogens is 421 g/mol. The monoisotopic (exact) mass is 433 g/mol. The van der Waals surface area contributed by atoms with Gasteiger partial charge in [0.25, 0.3) is 5.56 Å². The highest BCUT2D eigenvalue weighted by atomic mass is 32.2. The van der Waals surface area contributed by atoms with Gasteiger partial charge in [-0.25, -0.2) is 13.6 Å². The molecular formula is C17H12F5N3O3S. The number of pyridine rings is 1. The number of aliphatic hydroxyl groups excluding tert-OH is 1. The Morgan fingerprint density at radius 2 is 1.86 bits per heavy atom. The van der Waals surface area contributed by atoms with E-state index in [1.807, 2.05) is 4.98 Å². The van der Waals surface area contributed by atoms with Crippen LogP contribution < -0.4 is 11.2 Å². The molecule has 0 radical (unpaired) electrons. The Hall–Kier alpha value is -2.73. The molecule has 0 unspecified atom stereocenters. The Bertz CT molecular complexity index is 1190. The minimum atomic E-state index is -5.01. The SMILES string of the molecule is O=c1[nH]c(=O)c2cc(C(F)(F)F)c(-c3ncc(F)cc3F)c(SCCCO)c2[nH]1. The van der Waals surface area contributed by atoms with E-state index in [1.54, 1.807) is 0 Å². The van der Waals surface area contributed by atoms with Gasteiger partial charge in [0.2, 0.25) is 0 Å². The first-order chi connectivity index (χ1) is 13.6. The molecule has 154 valence electrons. The molecule has 3 rings (SSSR count). The van der Waals surface area contributed by atoms with Crippen molar-refractivity contribution in [2.45, 2.75) is 17.5 Å². The second-order valence-electron chi connectivity index (χ2n) is 5.87. The van der Waals surface area contributed by atoms with Crippen LogP contribution >= 0.6 is 11.8 Å². The predicted octanol–water partition coefficient (Wildman–Crippen LogP) is 3.05. The lowest BCUT2D eigenvalue weighted by molar-refractivity contribution is -0.137. The molecule has 2 heterocycles. The smallest absolute Gasteiger partial charge is 0.396 e. The van der Waals surface area contributed by atoms with Crippen LogP contribution in [0.15, 0.2) is 32.8 Å². The summed E-state index contributed by atoms with van der Waals surface area (Å²) in [5.74, 6) is -2.33. The summed E-state index contributed by atoms with van der Waals surface area (Å²) in [6.07, 6.45) is -4.28. The minimum Gasteiger partial charge on any atom is -0.396 e. The van der Waals surface area contributed by atoms with Crippen LogP contribution in [0.25, 0.3) is 22.2 Å². The first kappa shape index (κ1) is 21.0. The number of nitrogens with zero attached hydrogens (tertiary/aromatic N) is 1. The van der Waals surface area contributed by atoms with Crippen LogP contribution in [0.2, 0.25) is 0 Å². The van der Waals surface area contributed by atoms with Gasteiger partial charge in [-0.15, -0.1) is 11.8 Å². The van der Waals surface area contributed by atoms with Crippen LogP contribution in [-0.4, -0.2) is 32.4 Å². The van der Waals surface area contributed by atoms with Gasteiger partial charge < -0.3 is 10.1 Å². The van der Waals surface area contributed by atoms with Crippen molar-refractivity contribution >= 4 is 22.7 Å². The fraction of sp³-hybridized carbons (Fsp3) is 0.235. The second kappa shape index (κ2) is 7.95. The van der Waals surface area contributed by atoms with Crippen LogP contribution in [0.1, 0.15) is 12.0 Å². The van der Waals surface area contributed by atoms with Gasteiger partial charge in [0.05, 0.1) is 22.7 Å². The van der Waals surface area contributed by atoms with E-state index in [-0.39, 0.29) is 29.2 Å². The molecule has 0 saturated carbocycles. The van der Waals surface area contributed by atoms with Crippen molar-refractivity contribution in [2.75, 3.05) is 12.4 Å². The van der Waals surface area contributed by atoms with Crippen molar-refractivity contribution < 1.29 is 27.1 Å². The maximum Gasteiger partial charge on any atom is 0.417 e. The molecule has 6 nitrogen and oxygen atoms in total. The lowest BCUT2D eigenvalue weighted by Crippen LogP contribution is -2.23. The van der Waals surface area contributed by atoms with Crippen LogP contribution in [0.3, 0.4) is 0 Å². The number of aromatic nitrogens is 3. The van der Waals surface area contributed by atoms with Gasteiger partial charge in [-0.1, -0.05) is 0 Å². The number of hydrogen-bond donors (Lipinski definition) is 3. The van der Waals surface area contributed by atoms with Crippen LogP contribution in [0.5, 0.6) is 0 Å². The van der Waals surface area contributed by atoms with Gasteiger partial charge >= 0.3 is 11.9 Å². The first-order valence-electron chi connectivity index (χ1n) is 8.09. The van der Waals surface area contributed by atoms with E-state index >= 15 is 0 Å². The predicted molar refractivity (Wildman–Crippen MR) is 95.8 cm³/mol. The van der Waals surface area contributed by atoms with E-state index in [4.69, 9.17) is 5.11 Å². The number of H-pyrrole nitrogens is 2. The highest BCUT2D eigenvalue weighted by Crippen LogP contribution is 2.45. The molecule has 0 aliphatic heterocycles. The lowest BCUT2D eigenvalue weighted by Gasteiger charge is -2.19. The largest absolute Gasteiger partial charge is 0.417 e. The summed E-state index contributed by atoms with van der Waals surface area (Å²) in [6, 6.07) is 0.870. The normalized spacial score (nSPS) is 11.9. The molecule has 3 aromatic rings. The minimum absolute atomic E-state index is 0.0948. The Labute approximate surface area is 162 Å². The Kier molecular flexibility index (Phi) is 5.75. The standard InChI is InChI=1S/C17H12F5N3O3S/c18-7-4-10(19)13(23-6-7)11-9(17(20,21)22)5-8-12(14(11)29-3-1-2-26)24-16(28)25-15(8)27/h4-6,26H,1-3H2,(H2,24,25,27,28). The number of hydrogen-bond acceptors (Lipinski definition) is 5. The number of fused-ring (bicyclic) bond motifs is 1. The molecule has 0 fully saturated rings. The highest BCUT2D eigenvalue weighted by molar-refractivity contribution is 7.99. The van der Waals surface area contributed by atoms with Crippen molar-refractivity contribution in [3.8, 4) is 11.3 Å². The highest BCUT2D eigenvalue weighted by Gasteiger charge is 2.37. The average molecular weight is 433 g/mol. The third kappa shape index (κ3) is 4.17. The number of aliphatic hydroxyl groups is 1. The van der Waals surface area contributed by atoms with Crippen molar-refractivity contribution in [3.63, 3.8) is 0 Å². The zero-order valence-electron chi connectivity index (χ0n) is 14.4. The fourth-order valence-electron chi connectivity index (χ4n) is 2.72. The lowest BCUT2D eigenvalue weighted by atomic mass is 10.00. The van der Waals surface area contributed by atoms with E-state index in [1.165, 1.54) is 0 Å². The summed E-state index contributed by atoms with van der Waals surface area (Å²) < 4.78 is 69.0. The number of benzene rings is 1. The van der Waals surface area contributed by atoms with Crippen molar-refractivity contribution in [1.29, 1.82) is 0 Å². The third-order valence-corrected chi connectivity index (χ3v) is 5.08. The number of alkyl halides is 3. The van der Waals surface area contributed by atoms with Crippen LogP contribution in [-0.2, 0) is 6.18 Å². The summed E-state index contributed by atoms with van der Waals surface area (Å²) in [5, 5.41) is 8.51. The van der Waals surface area contributed by atoms with Gasteiger partial charge in [-0.2, -0.15) is 13.2 Å². The zero-order valence-corrected chi connectivity index (χ0v) is 15.2. The Morgan fingerprint density at radius 3 is 2.48 bits per heavy atom. The summed E-state index contributed by atoms with van der Waals surface area (Å²) in [7, 11) is 0. The molecule has 0 saturated heterocycles. The van der Waals surface area contributed by atoms with E-state index in [0.29, 0.717) is 18.3 Å². The van der Waals surface area contributed by atoms with Gasteiger partial charge in [-0.3, -0.25) is 14.8 Å². The van der Waals surface area contributed by atoms with Gasteiger partial charge in [0.15, 0.2) is 5.82 Å². The molecule has 0 bridgehead atoms. The summed E-state index contributed by atoms with van der Waals surface area (Å²) in [4.78, 5) is 31.1. The molecule has 29 heavy (non-hydrogen) atoms. The summed E-state index contributed by atoms with van der Waals surface area (Å²) in [6.45, 7) is -0.264. The van der Waals surface area contributed by atoms with Crippen LogP contribution in [0, 0.1) is 11.6 Å². The molecule has 3 N–H and O–H groups in total. The van der Waals surface area contributed by atoms with E-state index < -0.39 is 51.3 Å². The molecule has 2 aromatic heterocycles. The van der Waals surface area contributed by atoms with Gasteiger partial charge in [-0.05, 0) is 12.5 Å². The topological polar surface area (TPSA) is 98.8 Å². The van der Waals surface area contributed by atoms with Gasteiger partial charge in [0.1, 0.15) is 11.5 Å². The Morgan fingerprint density at radius 1 is 1.14 bits per heavy atom. The molecule has 1 aromatic carbocycles. The molecule has 0 atom stereocenters. The fourth-order valence-corrected chi connectivity index (χ4v) is 3.85. The summed E-state index contributed by atoms with van der Waals surface area (Å²) in [5.41, 5.74) is -5.15. The number of thioether (sulfide) groups is 1. The number of halogens is 5. The first-order valence-corrected chi connectivity index (χ1v) is 9.07. The maximum atomic E-state index is 14.4. The van der Waals surface area contributed by atoms with Crippen molar-refractivity contribution in [3.05, 3.63) is 56.4 Å².